The number of hydrogen-bond acceptors (Lipinski definition) is 7. The molecule has 0 atom stereocenters. The maximum Gasteiger partial charge on any atom is 0.171 e. The van der Waals surface area contributed by atoms with Crippen molar-refractivity contribution in [3.05, 3.63) is 119 Å². The molecule has 0 aliphatic carbocycles. The Kier molecular flexibility index (Phi) is 13.6. The first-order valence-electron chi connectivity index (χ1n) is 14.9. The summed E-state index contributed by atoms with van der Waals surface area (Å²) in [5.74, 6) is 2.07. The van der Waals surface area contributed by atoms with Crippen molar-refractivity contribution in [3.8, 4) is 0 Å². The zero-order valence-corrected chi connectivity index (χ0v) is 27.1. The van der Waals surface area contributed by atoms with Crippen molar-refractivity contribution in [1.82, 2.24) is 4.57 Å². The van der Waals surface area contributed by atoms with Gasteiger partial charge in [0.2, 0.25) is 0 Å². The zero-order valence-electron chi connectivity index (χ0n) is 25.5. The molecule has 4 aromatic rings. The predicted octanol–water partition coefficient (Wildman–Crippen LogP) is 7.56. The third-order valence-corrected chi connectivity index (χ3v) is 9.47. The van der Waals surface area contributed by atoms with Crippen LogP contribution in [0.25, 0.3) is 23.3 Å². The molecule has 2 aromatic heterocycles. The Hall–Kier alpha value is -3.79. The first-order valence-corrected chi connectivity index (χ1v) is 17.4. The van der Waals surface area contributed by atoms with Crippen LogP contribution < -0.4 is 15.2 Å². The van der Waals surface area contributed by atoms with Gasteiger partial charge in [0.05, 0.1) is 6.61 Å². The number of pyridine rings is 1. The number of aliphatic hydroxyl groups excluding tert-OH is 1. The molecule has 0 bridgehead atoms. The Bertz CT molecular complexity index is 1500. The van der Waals surface area contributed by atoms with Crippen LogP contribution in [-0.4, -0.2) is 47.4 Å². The number of rotatable bonds is 18. The molecule has 230 valence electrons. The molecule has 2 aromatic carbocycles. The largest absolute Gasteiger partial charge is 0.395 e. The third-order valence-electron chi connectivity index (χ3n) is 7.06. The first kappa shape index (κ1) is 33.1. The second kappa shape index (κ2) is 18.1. The van der Waals surface area contributed by atoms with E-state index in [0.717, 1.165) is 41.5 Å². The number of benzene rings is 2. The second-order valence-corrected chi connectivity index (χ2v) is 13.1. The number of aliphatic hydroxyl groups is 1. The standard InChI is InChI=1S/C35H41N5O2S2/c1-28(32-11-17-39(18-12-32)20-14-38-42)25-30-3-7-34(8-4-30)36-15-23-43-44-24-16-37-35-9-5-31(6-10-35)26-29(2)33-13-19-40(27-33)21-22-41/h3-13,17-19,25-27,37,41H,14-16,20-24H2,1-2H3/p+1/b29-26+. The number of nitroso groups, excluding NO2 is 1. The van der Waals surface area contributed by atoms with Crippen molar-refractivity contribution in [3.63, 3.8) is 0 Å². The van der Waals surface area contributed by atoms with Crippen LogP contribution in [0.2, 0.25) is 0 Å². The van der Waals surface area contributed by atoms with Gasteiger partial charge in [-0.3, -0.25) is 0 Å². The number of nitrogens with zero attached hydrogens (tertiary/aromatic N) is 3. The lowest BCUT2D eigenvalue weighted by atomic mass is 10.1. The van der Waals surface area contributed by atoms with Gasteiger partial charge in [-0.05, 0) is 77.6 Å². The van der Waals surface area contributed by atoms with Gasteiger partial charge in [0, 0.05) is 67.0 Å². The van der Waals surface area contributed by atoms with Crippen molar-refractivity contribution in [2.24, 2.45) is 5.18 Å². The Morgan fingerprint density at radius 2 is 1.36 bits per heavy atom. The summed E-state index contributed by atoms with van der Waals surface area (Å²) < 4.78 is 3.97. The van der Waals surface area contributed by atoms with Gasteiger partial charge in [-0.2, -0.15) is 4.91 Å². The monoisotopic (exact) mass is 628 g/mol. The molecule has 9 heteroatoms. The molecule has 0 saturated heterocycles. The SMILES string of the molecule is C/C(=C\c1ccc(NCCSSCCNc2ccc(/C=C(\C)c3ccn(CCO)c3)cc2)cc1)c1cc[n+](CCN=O)cc1. The Morgan fingerprint density at radius 1 is 0.818 bits per heavy atom. The molecule has 2 heterocycles. The predicted molar refractivity (Wildman–Crippen MR) is 191 cm³/mol. The molecule has 44 heavy (non-hydrogen) atoms. The molecule has 0 unspecified atom stereocenters. The average molecular weight is 629 g/mol. The van der Waals surface area contributed by atoms with Crippen LogP contribution in [-0.2, 0) is 13.1 Å². The maximum atomic E-state index is 10.3. The van der Waals surface area contributed by atoms with E-state index in [1.54, 1.807) is 0 Å². The zero-order chi connectivity index (χ0) is 31.0. The van der Waals surface area contributed by atoms with Crippen LogP contribution in [0.4, 0.5) is 11.4 Å². The van der Waals surface area contributed by atoms with Crippen LogP contribution in [0.15, 0.2) is 96.7 Å². The molecular weight excluding hydrogens is 587 g/mol. The van der Waals surface area contributed by atoms with Gasteiger partial charge >= 0.3 is 0 Å². The molecule has 4 rings (SSSR count). The lowest BCUT2D eigenvalue weighted by molar-refractivity contribution is -0.694. The highest BCUT2D eigenvalue weighted by Gasteiger charge is 2.04. The van der Waals surface area contributed by atoms with Gasteiger partial charge in [0.15, 0.2) is 18.9 Å². The molecule has 0 amide bonds. The molecule has 3 N–H and O–H groups in total. The molecule has 7 nitrogen and oxygen atoms in total. The van der Waals surface area contributed by atoms with E-state index in [0.29, 0.717) is 13.1 Å². The van der Waals surface area contributed by atoms with Crippen molar-refractivity contribution in [2.75, 3.05) is 48.4 Å². The normalized spacial score (nSPS) is 11.9. The van der Waals surface area contributed by atoms with E-state index in [4.69, 9.17) is 5.11 Å². The minimum Gasteiger partial charge on any atom is -0.395 e. The molecular formula is C35H42N5O2S2+. The fourth-order valence-corrected chi connectivity index (χ4v) is 6.42. The van der Waals surface area contributed by atoms with Gasteiger partial charge in [-0.1, -0.05) is 63.2 Å². The lowest BCUT2D eigenvalue weighted by Crippen LogP contribution is -2.33. The van der Waals surface area contributed by atoms with Gasteiger partial charge < -0.3 is 20.3 Å². The van der Waals surface area contributed by atoms with E-state index >= 15 is 0 Å². The summed E-state index contributed by atoms with van der Waals surface area (Å²) in [6.45, 7) is 7.74. The summed E-state index contributed by atoms with van der Waals surface area (Å²) in [6, 6.07) is 23.3. The molecule has 0 aliphatic rings. The number of anilines is 2. The van der Waals surface area contributed by atoms with Crippen molar-refractivity contribution in [2.45, 2.75) is 26.9 Å². The maximum absolute atomic E-state index is 10.3. The Balaban J connectivity index is 1.09. The van der Waals surface area contributed by atoms with Crippen LogP contribution in [0, 0.1) is 4.91 Å². The molecule has 0 saturated carbocycles. The average Bonchev–Trinajstić information content (AvgIpc) is 3.52. The van der Waals surface area contributed by atoms with Crippen LogP contribution >= 0.6 is 21.6 Å². The summed E-state index contributed by atoms with van der Waals surface area (Å²) in [4.78, 5) is 10.3. The quantitative estimate of drug-likeness (QED) is 0.0457. The van der Waals surface area contributed by atoms with Gasteiger partial charge in [0.25, 0.3) is 0 Å². The fourth-order valence-electron chi connectivity index (χ4n) is 4.61. The minimum atomic E-state index is 0.149. The molecule has 0 aliphatic heterocycles. The molecule has 0 spiro atoms. The minimum absolute atomic E-state index is 0.149. The summed E-state index contributed by atoms with van der Waals surface area (Å²) in [5.41, 5.74) is 9.33. The third kappa shape index (κ3) is 11.0. The Labute approximate surface area is 268 Å². The van der Waals surface area contributed by atoms with Crippen molar-refractivity contribution < 1.29 is 9.67 Å². The van der Waals surface area contributed by atoms with E-state index in [1.807, 2.05) is 49.3 Å². The summed E-state index contributed by atoms with van der Waals surface area (Å²) in [5, 5.41) is 19.1. The lowest BCUT2D eigenvalue weighted by Gasteiger charge is -2.08. The number of hydrogen-bond donors (Lipinski definition) is 3. The smallest absolute Gasteiger partial charge is 0.171 e. The van der Waals surface area contributed by atoms with E-state index in [-0.39, 0.29) is 13.2 Å². The van der Waals surface area contributed by atoms with E-state index in [9.17, 15) is 4.91 Å². The van der Waals surface area contributed by atoms with Crippen LogP contribution in [0.5, 0.6) is 0 Å². The number of aromatic nitrogens is 2. The fraction of sp³-hybridized carbons (Fsp3) is 0.286. The number of allylic oxidation sites excluding steroid dienone is 2. The first-order chi connectivity index (χ1) is 21.5. The summed E-state index contributed by atoms with van der Waals surface area (Å²) in [6.07, 6.45) is 12.4. The van der Waals surface area contributed by atoms with E-state index in [1.165, 1.54) is 27.8 Å². The Morgan fingerprint density at radius 3 is 1.89 bits per heavy atom. The number of nitrogens with one attached hydrogen (secondary N) is 2. The molecule has 0 radical (unpaired) electrons. The summed E-state index contributed by atoms with van der Waals surface area (Å²) in [7, 11) is 3.79. The van der Waals surface area contributed by atoms with E-state index < -0.39 is 0 Å². The van der Waals surface area contributed by atoms with Crippen LogP contribution in [0.1, 0.15) is 36.1 Å². The van der Waals surface area contributed by atoms with Crippen molar-refractivity contribution in [1.29, 1.82) is 0 Å². The highest BCUT2D eigenvalue weighted by Crippen LogP contribution is 2.23. The van der Waals surface area contributed by atoms with Crippen molar-refractivity contribution >= 4 is 56.3 Å². The van der Waals surface area contributed by atoms with Gasteiger partial charge in [-0.25, -0.2) is 4.57 Å². The molecule has 0 fully saturated rings. The van der Waals surface area contributed by atoms with Crippen LogP contribution in [0.3, 0.4) is 0 Å². The van der Waals surface area contributed by atoms with Gasteiger partial charge in [0.1, 0.15) is 6.54 Å². The van der Waals surface area contributed by atoms with E-state index in [2.05, 4.69) is 115 Å². The summed E-state index contributed by atoms with van der Waals surface area (Å²) >= 11 is 0. The topological polar surface area (TPSA) is 82.5 Å². The van der Waals surface area contributed by atoms with Gasteiger partial charge in [-0.15, -0.1) is 0 Å². The second-order valence-electron chi connectivity index (χ2n) is 10.4. The highest BCUT2D eigenvalue weighted by molar-refractivity contribution is 8.76. The highest BCUT2D eigenvalue weighted by atomic mass is 33.1.